The number of para-hydroxylation sites is 1. The van der Waals surface area contributed by atoms with Crippen LogP contribution in [0.15, 0.2) is 42.5 Å². The average Bonchev–Trinajstić information content (AvgIpc) is 3.30. The van der Waals surface area contributed by atoms with Gasteiger partial charge in [0, 0.05) is 30.8 Å². The summed E-state index contributed by atoms with van der Waals surface area (Å²) in [5.74, 6) is 0.651. The molecule has 0 saturated heterocycles. The zero-order chi connectivity index (χ0) is 27.2. The molecule has 0 amide bonds. The number of benzene rings is 3. The summed E-state index contributed by atoms with van der Waals surface area (Å²) in [6.45, 7) is 15.3. The second-order valence-corrected chi connectivity index (χ2v) is 11.4. The largest absolute Gasteiger partial charge is 0.486 e. The zero-order valence-corrected chi connectivity index (χ0v) is 23.2. The van der Waals surface area contributed by atoms with Gasteiger partial charge in [0.15, 0.2) is 17.6 Å². The van der Waals surface area contributed by atoms with Gasteiger partial charge in [-0.3, -0.25) is 4.90 Å². The number of carboxylic acids is 1. The molecular weight excluding hydrogens is 478 g/mol. The smallest absolute Gasteiger partial charge is 0.337 e. The van der Waals surface area contributed by atoms with Gasteiger partial charge < -0.3 is 19.3 Å². The van der Waals surface area contributed by atoms with E-state index in [4.69, 9.17) is 14.2 Å². The van der Waals surface area contributed by atoms with Crippen molar-refractivity contribution < 1.29 is 24.1 Å². The van der Waals surface area contributed by atoms with Crippen LogP contribution in [0.1, 0.15) is 65.8 Å². The van der Waals surface area contributed by atoms with Crippen molar-refractivity contribution in [3.8, 4) is 22.6 Å². The van der Waals surface area contributed by atoms with Crippen LogP contribution in [0.4, 0.5) is 0 Å². The number of hydrogen-bond acceptors (Lipinski definition) is 5. The maximum atomic E-state index is 12.7. The number of aliphatic carboxylic acids is 1. The van der Waals surface area contributed by atoms with Crippen LogP contribution in [0.3, 0.4) is 0 Å². The highest BCUT2D eigenvalue weighted by Gasteiger charge is 2.35. The summed E-state index contributed by atoms with van der Waals surface area (Å²) < 4.78 is 18.0. The highest BCUT2D eigenvalue weighted by molar-refractivity contribution is 5.84. The fraction of sp³-hybridized carbons (Fsp3) is 0.406. The van der Waals surface area contributed by atoms with Crippen LogP contribution in [0.5, 0.6) is 11.5 Å². The summed E-state index contributed by atoms with van der Waals surface area (Å²) >= 11 is 0. The van der Waals surface area contributed by atoms with Gasteiger partial charge in [-0.05, 0) is 81.0 Å². The third kappa shape index (κ3) is 5.03. The van der Waals surface area contributed by atoms with Gasteiger partial charge in [-0.15, -0.1) is 0 Å². The quantitative estimate of drug-likeness (QED) is 0.404. The Morgan fingerprint density at radius 1 is 0.974 bits per heavy atom. The van der Waals surface area contributed by atoms with Crippen molar-refractivity contribution >= 4 is 5.97 Å². The molecule has 6 heteroatoms. The Bertz CT molecular complexity index is 1370. The first-order chi connectivity index (χ1) is 18.0. The van der Waals surface area contributed by atoms with Crippen LogP contribution >= 0.6 is 0 Å². The Kier molecular flexibility index (Phi) is 6.97. The molecule has 0 aliphatic carbocycles. The lowest BCUT2D eigenvalue weighted by molar-refractivity contribution is -0.160. The molecule has 0 bridgehead atoms. The van der Waals surface area contributed by atoms with Gasteiger partial charge in [0.1, 0.15) is 13.2 Å². The molecule has 3 aromatic carbocycles. The van der Waals surface area contributed by atoms with E-state index in [1.807, 2.05) is 32.9 Å². The van der Waals surface area contributed by atoms with E-state index < -0.39 is 17.7 Å². The zero-order valence-electron chi connectivity index (χ0n) is 23.2. The van der Waals surface area contributed by atoms with Gasteiger partial charge in [0.2, 0.25) is 0 Å². The van der Waals surface area contributed by atoms with Crippen molar-refractivity contribution in [2.24, 2.45) is 0 Å². The maximum absolute atomic E-state index is 12.7. The Morgan fingerprint density at radius 3 is 2.29 bits per heavy atom. The number of carboxylic acid groups (broad SMARTS) is 1. The fourth-order valence-electron chi connectivity index (χ4n) is 5.70. The first kappa shape index (κ1) is 26.3. The third-order valence-corrected chi connectivity index (χ3v) is 7.42. The molecule has 6 nitrogen and oxygen atoms in total. The van der Waals surface area contributed by atoms with E-state index in [9.17, 15) is 9.90 Å². The molecule has 0 saturated carbocycles. The Balaban J connectivity index is 1.60. The van der Waals surface area contributed by atoms with Crippen LogP contribution in [0.2, 0.25) is 0 Å². The topological polar surface area (TPSA) is 68.2 Å². The van der Waals surface area contributed by atoms with E-state index in [1.165, 1.54) is 11.1 Å². The lowest BCUT2D eigenvalue weighted by Crippen LogP contribution is -2.28. The maximum Gasteiger partial charge on any atom is 0.337 e. The molecule has 2 aliphatic heterocycles. The first-order valence-electron chi connectivity index (χ1n) is 13.3. The monoisotopic (exact) mass is 515 g/mol. The summed E-state index contributed by atoms with van der Waals surface area (Å²) in [5, 5.41) is 10.4. The summed E-state index contributed by atoms with van der Waals surface area (Å²) in [7, 11) is 0. The molecule has 1 atom stereocenters. The van der Waals surface area contributed by atoms with E-state index in [1.54, 1.807) is 0 Å². The van der Waals surface area contributed by atoms with Crippen LogP contribution in [0.25, 0.3) is 11.1 Å². The number of fused-ring (bicyclic) bond motifs is 2. The van der Waals surface area contributed by atoms with Gasteiger partial charge in [-0.1, -0.05) is 42.0 Å². The molecule has 38 heavy (non-hydrogen) atoms. The molecule has 2 heterocycles. The lowest BCUT2D eigenvalue weighted by Gasteiger charge is -2.30. The molecule has 200 valence electrons. The summed E-state index contributed by atoms with van der Waals surface area (Å²) in [6.07, 6.45) is -1.07. The number of ether oxygens (including phenoxy) is 3. The Morgan fingerprint density at radius 2 is 1.63 bits per heavy atom. The predicted molar refractivity (Wildman–Crippen MR) is 148 cm³/mol. The summed E-state index contributed by atoms with van der Waals surface area (Å²) in [5.41, 5.74) is 8.95. The van der Waals surface area contributed by atoms with Crippen LogP contribution in [0, 0.1) is 20.8 Å². The van der Waals surface area contributed by atoms with Gasteiger partial charge in [-0.2, -0.15) is 0 Å². The molecule has 5 rings (SSSR count). The molecule has 0 spiro atoms. The van der Waals surface area contributed by atoms with E-state index in [0.29, 0.717) is 13.2 Å². The van der Waals surface area contributed by atoms with Crippen molar-refractivity contribution in [3.63, 3.8) is 0 Å². The van der Waals surface area contributed by atoms with E-state index in [0.717, 1.165) is 70.1 Å². The predicted octanol–water partition coefficient (Wildman–Crippen LogP) is 6.51. The fourth-order valence-corrected chi connectivity index (χ4v) is 5.70. The highest BCUT2D eigenvalue weighted by atomic mass is 16.6. The molecule has 0 unspecified atom stereocenters. The average molecular weight is 516 g/mol. The van der Waals surface area contributed by atoms with Crippen LogP contribution in [-0.2, 0) is 29.2 Å². The second-order valence-electron chi connectivity index (χ2n) is 11.4. The highest BCUT2D eigenvalue weighted by Crippen LogP contribution is 2.44. The second kappa shape index (κ2) is 10.1. The third-order valence-electron chi connectivity index (χ3n) is 7.42. The minimum atomic E-state index is -1.07. The van der Waals surface area contributed by atoms with Crippen molar-refractivity contribution in [1.29, 1.82) is 0 Å². The number of hydrogen-bond donors (Lipinski definition) is 1. The van der Waals surface area contributed by atoms with Crippen molar-refractivity contribution in [3.05, 3.63) is 81.4 Å². The first-order valence-corrected chi connectivity index (χ1v) is 13.3. The van der Waals surface area contributed by atoms with Crippen molar-refractivity contribution in [2.75, 3.05) is 13.2 Å². The van der Waals surface area contributed by atoms with Gasteiger partial charge in [-0.25, -0.2) is 4.79 Å². The van der Waals surface area contributed by atoms with E-state index in [2.05, 4.69) is 56.0 Å². The lowest BCUT2D eigenvalue weighted by atomic mass is 9.83. The summed E-state index contributed by atoms with van der Waals surface area (Å²) in [6, 6.07) is 14.4. The van der Waals surface area contributed by atoms with Crippen LogP contribution in [-0.4, -0.2) is 34.8 Å². The van der Waals surface area contributed by atoms with E-state index in [-0.39, 0.29) is 0 Å². The minimum Gasteiger partial charge on any atom is -0.486 e. The normalized spacial score (nSPS) is 15.8. The van der Waals surface area contributed by atoms with Crippen molar-refractivity contribution in [1.82, 2.24) is 4.90 Å². The number of carbonyl (C=O) groups is 1. The molecule has 1 N–H and O–H groups in total. The van der Waals surface area contributed by atoms with Crippen LogP contribution < -0.4 is 9.47 Å². The van der Waals surface area contributed by atoms with Gasteiger partial charge in [0.25, 0.3) is 0 Å². The summed E-state index contributed by atoms with van der Waals surface area (Å²) in [4.78, 5) is 15.1. The standard InChI is InChI=1S/C32H37NO5/c1-19-10-12-22(13-11-19)27-20(2)24-17-33(16-23-8-7-9-26-29(23)37-15-14-36-26)18-25(24)21(3)28(27)30(31(34)35)38-32(4,5)6/h7-13,30H,14-18H2,1-6H3,(H,34,35)/t30-/m0/s1. The SMILES string of the molecule is Cc1ccc(-c2c(C)c3c(c(C)c2[C@H](OC(C)(C)C)C(=O)O)CN(Cc2cccc4c2OCCO4)C3)cc1. The molecule has 2 aliphatic rings. The molecule has 3 aromatic rings. The Hall–Kier alpha value is -3.35. The van der Waals surface area contributed by atoms with Gasteiger partial charge in [0.05, 0.1) is 5.60 Å². The number of aryl methyl sites for hydroxylation is 1. The number of nitrogens with zero attached hydrogens (tertiary/aromatic N) is 1. The molecule has 0 fully saturated rings. The molecule has 0 aromatic heterocycles. The minimum absolute atomic E-state index is 0.552. The van der Waals surface area contributed by atoms with Crippen molar-refractivity contribution in [2.45, 2.75) is 72.9 Å². The molecular formula is C32H37NO5. The van der Waals surface area contributed by atoms with E-state index >= 15 is 0 Å². The number of rotatable bonds is 6. The molecule has 0 radical (unpaired) electrons. The van der Waals surface area contributed by atoms with Gasteiger partial charge >= 0.3 is 5.97 Å². The Labute approximate surface area is 225 Å².